The summed E-state index contributed by atoms with van der Waals surface area (Å²) in [5, 5.41) is 1.12. The van der Waals surface area contributed by atoms with Crippen LogP contribution >= 0.6 is 15.9 Å². The summed E-state index contributed by atoms with van der Waals surface area (Å²) in [6.45, 7) is 8.19. The maximum Gasteiger partial charge on any atom is 0.119 e. The zero-order valence-electron chi connectivity index (χ0n) is 13.2. The molecule has 0 radical (unpaired) electrons. The van der Waals surface area contributed by atoms with Crippen LogP contribution in [0.4, 0.5) is 5.69 Å². The summed E-state index contributed by atoms with van der Waals surface area (Å²) in [5.74, 6) is 1.75. The van der Waals surface area contributed by atoms with Gasteiger partial charge in [-0.15, -0.1) is 0 Å². The van der Waals surface area contributed by atoms with Gasteiger partial charge < -0.3 is 9.64 Å². The smallest absolute Gasteiger partial charge is 0.119 e. The zero-order chi connectivity index (χ0) is 15.1. The average Bonchev–Trinajstić information content (AvgIpc) is 2.54. The molecule has 0 amide bonds. The molecule has 3 nitrogen and oxygen atoms in total. The minimum absolute atomic E-state index is 0.823. The number of halogens is 1. The molecule has 1 fully saturated rings. The van der Waals surface area contributed by atoms with Gasteiger partial charge in [0.25, 0.3) is 0 Å². The van der Waals surface area contributed by atoms with Gasteiger partial charge in [-0.25, -0.2) is 0 Å². The molecule has 1 aromatic rings. The number of alkyl halides is 1. The van der Waals surface area contributed by atoms with E-state index in [1.165, 1.54) is 38.2 Å². The Kier molecular flexibility index (Phi) is 6.84. The number of piperazine rings is 1. The third kappa shape index (κ3) is 5.19. The van der Waals surface area contributed by atoms with Gasteiger partial charge in [0.2, 0.25) is 0 Å². The molecule has 0 aliphatic carbocycles. The second kappa shape index (κ2) is 8.64. The van der Waals surface area contributed by atoms with Crippen molar-refractivity contribution in [3.8, 4) is 5.75 Å². The van der Waals surface area contributed by atoms with Crippen LogP contribution in [0.2, 0.25) is 0 Å². The molecule has 1 atom stereocenters. The van der Waals surface area contributed by atoms with Crippen LogP contribution in [0.15, 0.2) is 24.3 Å². The first-order valence-electron chi connectivity index (χ1n) is 7.90. The van der Waals surface area contributed by atoms with Gasteiger partial charge in [-0.05, 0) is 49.6 Å². The van der Waals surface area contributed by atoms with Crippen LogP contribution in [0.1, 0.15) is 19.8 Å². The van der Waals surface area contributed by atoms with Crippen molar-refractivity contribution in [2.75, 3.05) is 50.1 Å². The molecule has 0 bridgehead atoms. The van der Waals surface area contributed by atoms with Gasteiger partial charge in [0.15, 0.2) is 0 Å². The number of benzene rings is 1. The minimum Gasteiger partial charge on any atom is -0.497 e. The number of anilines is 1. The van der Waals surface area contributed by atoms with E-state index < -0.39 is 0 Å². The normalized spacial score (nSPS) is 17.8. The third-order valence-corrected chi connectivity index (χ3v) is 4.81. The third-order valence-electron chi connectivity index (χ3n) is 4.35. The Morgan fingerprint density at radius 3 is 2.33 bits per heavy atom. The van der Waals surface area contributed by atoms with Gasteiger partial charge in [-0.1, -0.05) is 22.9 Å². The standard InChI is InChI=1S/C17H27BrN2O/c1-15(7-9-18)8-10-19-11-13-20(14-12-19)16-3-5-17(21-2)6-4-16/h3-6,15H,7-14H2,1-2H3. The van der Waals surface area contributed by atoms with Crippen molar-refractivity contribution in [3.63, 3.8) is 0 Å². The number of hydrogen-bond acceptors (Lipinski definition) is 3. The number of nitrogens with zero attached hydrogens (tertiary/aromatic N) is 2. The van der Waals surface area contributed by atoms with Gasteiger partial charge >= 0.3 is 0 Å². The number of hydrogen-bond donors (Lipinski definition) is 0. The molecule has 1 unspecified atom stereocenters. The van der Waals surface area contributed by atoms with Crippen molar-refractivity contribution < 1.29 is 4.74 Å². The van der Waals surface area contributed by atoms with E-state index in [1.807, 2.05) is 12.1 Å². The van der Waals surface area contributed by atoms with Crippen LogP contribution in [-0.2, 0) is 0 Å². The quantitative estimate of drug-likeness (QED) is 0.695. The number of methoxy groups -OCH3 is 1. The van der Waals surface area contributed by atoms with Crippen LogP contribution in [0.5, 0.6) is 5.75 Å². The first kappa shape index (κ1) is 16.6. The highest BCUT2D eigenvalue weighted by Gasteiger charge is 2.17. The van der Waals surface area contributed by atoms with Gasteiger partial charge in [-0.3, -0.25) is 4.90 Å². The molecular weight excluding hydrogens is 328 g/mol. The van der Waals surface area contributed by atoms with Gasteiger partial charge in [0.1, 0.15) is 5.75 Å². The van der Waals surface area contributed by atoms with Crippen LogP contribution in [0.25, 0.3) is 0 Å². The lowest BCUT2D eigenvalue weighted by atomic mass is 10.0. The average molecular weight is 355 g/mol. The van der Waals surface area contributed by atoms with Crippen LogP contribution in [0, 0.1) is 5.92 Å². The first-order valence-corrected chi connectivity index (χ1v) is 9.02. The van der Waals surface area contributed by atoms with Crippen molar-refractivity contribution in [2.24, 2.45) is 5.92 Å². The van der Waals surface area contributed by atoms with Gasteiger partial charge in [0.05, 0.1) is 7.11 Å². The second-order valence-corrected chi connectivity index (χ2v) is 6.69. The molecule has 0 spiro atoms. The SMILES string of the molecule is COc1ccc(N2CCN(CCC(C)CCBr)CC2)cc1. The van der Waals surface area contributed by atoms with Crippen molar-refractivity contribution in [1.29, 1.82) is 0 Å². The maximum atomic E-state index is 5.22. The van der Waals surface area contributed by atoms with E-state index in [1.54, 1.807) is 7.11 Å². The minimum atomic E-state index is 0.823. The van der Waals surface area contributed by atoms with Crippen LogP contribution < -0.4 is 9.64 Å². The molecule has 1 aromatic carbocycles. The Labute approximate surface area is 137 Å². The van der Waals surface area contributed by atoms with E-state index >= 15 is 0 Å². The van der Waals surface area contributed by atoms with E-state index in [4.69, 9.17) is 4.74 Å². The topological polar surface area (TPSA) is 15.7 Å². The molecule has 1 saturated heterocycles. The van der Waals surface area contributed by atoms with E-state index in [2.05, 4.69) is 44.8 Å². The fraction of sp³-hybridized carbons (Fsp3) is 0.647. The second-order valence-electron chi connectivity index (χ2n) is 5.90. The summed E-state index contributed by atoms with van der Waals surface area (Å²) in [4.78, 5) is 5.07. The summed E-state index contributed by atoms with van der Waals surface area (Å²) in [5.41, 5.74) is 1.31. The van der Waals surface area contributed by atoms with Crippen molar-refractivity contribution >= 4 is 21.6 Å². The Hall–Kier alpha value is -0.740. The number of ether oxygens (including phenoxy) is 1. The van der Waals surface area contributed by atoms with Crippen molar-refractivity contribution in [2.45, 2.75) is 19.8 Å². The fourth-order valence-corrected chi connectivity index (χ4v) is 3.54. The largest absolute Gasteiger partial charge is 0.497 e. The zero-order valence-corrected chi connectivity index (χ0v) is 14.8. The summed E-state index contributed by atoms with van der Waals surface area (Å²) in [6, 6.07) is 8.41. The first-order chi connectivity index (χ1) is 10.2. The molecule has 0 aromatic heterocycles. The van der Waals surface area contributed by atoms with Gasteiger partial charge in [0, 0.05) is 37.2 Å². The number of rotatable bonds is 7. The maximum absolute atomic E-state index is 5.22. The molecule has 1 aliphatic heterocycles. The molecule has 1 aliphatic rings. The Bertz CT molecular complexity index is 402. The Balaban J connectivity index is 1.74. The Morgan fingerprint density at radius 2 is 1.76 bits per heavy atom. The van der Waals surface area contributed by atoms with Crippen molar-refractivity contribution in [3.05, 3.63) is 24.3 Å². The molecule has 0 saturated carbocycles. The lowest BCUT2D eigenvalue weighted by Crippen LogP contribution is -2.46. The summed E-state index contributed by atoms with van der Waals surface area (Å²) in [6.07, 6.45) is 2.60. The highest BCUT2D eigenvalue weighted by Crippen LogP contribution is 2.20. The summed E-state index contributed by atoms with van der Waals surface area (Å²) < 4.78 is 5.22. The van der Waals surface area contributed by atoms with Gasteiger partial charge in [-0.2, -0.15) is 0 Å². The van der Waals surface area contributed by atoms with E-state index in [-0.39, 0.29) is 0 Å². The Morgan fingerprint density at radius 1 is 1.10 bits per heavy atom. The molecule has 4 heteroatoms. The molecule has 21 heavy (non-hydrogen) atoms. The monoisotopic (exact) mass is 354 g/mol. The molecule has 0 N–H and O–H groups in total. The molecular formula is C17H27BrN2O. The highest BCUT2D eigenvalue weighted by molar-refractivity contribution is 9.09. The summed E-state index contributed by atoms with van der Waals surface area (Å²) >= 11 is 3.53. The fourth-order valence-electron chi connectivity index (χ4n) is 2.76. The highest BCUT2D eigenvalue weighted by atomic mass is 79.9. The summed E-state index contributed by atoms with van der Waals surface area (Å²) in [7, 11) is 1.71. The lowest BCUT2D eigenvalue weighted by molar-refractivity contribution is 0.240. The van der Waals surface area contributed by atoms with Crippen molar-refractivity contribution in [1.82, 2.24) is 4.90 Å². The van der Waals surface area contributed by atoms with Crippen LogP contribution in [0.3, 0.4) is 0 Å². The lowest BCUT2D eigenvalue weighted by Gasteiger charge is -2.36. The molecule has 2 rings (SSSR count). The van der Waals surface area contributed by atoms with E-state index in [0.717, 1.165) is 30.1 Å². The van der Waals surface area contributed by atoms with E-state index in [9.17, 15) is 0 Å². The molecule has 1 heterocycles. The predicted octanol–water partition coefficient (Wildman–Crippen LogP) is 3.63. The predicted molar refractivity (Wildman–Crippen MR) is 93.8 cm³/mol. The van der Waals surface area contributed by atoms with E-state index in [0.29, 0.717) is 0 Å². The van der Waals surface area contributed by atoms with Crippen LogP contribution in [-0.4, -0.2) is 50.1 Å². The molecule has 118 valence electrons.